The molecule has 5 rings (SSSR count). The van der Waals surface area contributed by atoms with Crippen molar-refractivity contribution in [1.29, 1.82) is 0 Å². The summed E-state index contributed by atoms with van der Waals surface area (Å²) in [5.74, 6) is 1.56. The zero-order chi connectivity index (χ0) is 20.5. The molecule has 29 heavy (non-hydrogen) atoms. The van der Waals surface area contributed by atoms with Crippen LogP contribution in [0.5, 0.6) is 0 Å². The lowest BCUT2D eigenvalue weighted by Crippen LogP contribution is -2.28. The van der Waals surface area contributed by atoms with Gasteiger partial charge in [-0.3, -0.25) is 14.3 Å². The summed E-state index contributed by atoms with van der Waals surface area (Å²) in [5.41, 5.74) is 2.64. The monoisotopic (exact) mass is 397 g/mol. The van der Waals surface area contributed by atoms with Gasteiger partial charge in [0.05, 0.1) is 18.1 Å². The highest BCUT2D eigenvalue weighted by Gasteiger charge is 2.34. The Morgan fingerprint density at radius 3 is 2.59 bits per heavy atom. The lowest BCUT2D eigenvalue weighted by Gasteiger charge is -2.13. The average Bonchev–Trinajstić information content (AvgIpc) is 3.13. The van der Waals surface area contributed by atoms with E-state index in [0.717, 1.165) is 43.7 Å². The predicted octanol–water partition coefficient (Wildman–Crippen LogP) is 1.87. The second-order valence-electron chi connectivity index (χ2n) is 7.66. The normalized spacial score (nSPS) is 16.2. The summed E-state index contributed by atoms with van der Waals surface area (Å²) in [6, 6.07) is 0. The van der Waals surface area contributed by atoms with E-state index in [2.05, 4.69) is 20.1 Å². The van der Waals surface area contributed by atoms with Crippen molar-refractivity contribution in [3.63, 3.8) is 0 Å². The van der Waals surface area contributed by atoms with E-state index in [1.165, 1.54) is 19.2 Å². The average molecular weight is 397 g/mol. The molecule has 0 radical (unpaired) electrons. The minimum Gasteiger partial charge on any atom is -0.342 e. The predicted molar refractivity (Wildman–Crippen MR) is 109 cm³/mol. The minimum atomic E-state index is -0.229. The molecular formula is C20H27N7O2. The van der Waals surface area contributed by atoms with Crippen LogP contribution in [0.3, 0.4) is 0 Å². The van der Waals surface area contributed by atoms with Crippen molar-refractivity contribution in [2.75, 3.05) is 13.1 Å². The molecule has 4 heterocycles. The number of nitrogens with one attached hydrogen (secondary N) is 1. The summed E-state index contributed by atoms with van der Waals surface area (Å²) in [7, 11) is 1.85. The van der Waals surface area contributed by atoms with E-state index in [9.17, 15) is 9.59 Å². The van der Waals surface area contributed by atoms with Gasteiger partial charge in [-0.1, -0.05) is 0 Å². The molecule has 1 aliphatic carbocycles. The Balaban J connectivity index is 0.000000171. The van der Waals surface area contributed by atoms with Crippen molar-refractivity contribution in [3.05, 3.63) is 28.6 Å². The number of imidazole rings is 1. The molecule has 0 aromatic carbocycles. The van der Waals surface area contributed by atoms with Crippen LogP contribution >= 0.6 is 0 Å². The maximum atomic E-state index is 11.7. The van der Waals surface area contributed by atoms with E-state index < -0.39 is 0 Å². The molecule has 0 bridgehead atoms. The van der Waals surface area contributed by atoms with E-state index >= 15 is 0 Å². The van der Waals surface area contributed by atoms with Crippen LogP contribution < -0.4 is 5.56 Å². The quantitative estimate of drug-likeness (QED) is 0.727. The van der Waals surface area contributed by atoms with Crippen LogP contribution in [0.4, 0.5) is 0 Å². The number of H-pyrrole nitrogens is 1. The summed E-state index contributed by atoms with van der Waals surface area (Å²) in [4.78, 5) is 36.2. The van der Waals surface area contributed by atoms with Gasteiger partial charge in [-0.15, -0.1) is 0 Å². The zero-order valence-corrected chi connectivity index (χ0v) is 17.2. The number of rotatable bonds is 3. The molecule has 3 aromatic rings. The Kier molecular flexibility index (Phi) is 5.21. The van der Waals surface area contributed by atoms with Gasteiger partial charge in [0.15, 0.2) is 11.2 Å². The molecule has 0 unspecified atom stereocenters. The first kappa shape index (κ1) is 19.4. The van der Waals surface area contributed by atoms with Crippen LogP contribution in [0.15, 0.2) is 17.3 Å². The number of aromatic amines is 1. The number of carbonyl (C=O) groups excluding carboxylic acids is 1. The standard InChI is InChI=1S/C12H14N6O.C8H13NO/c1-4-18-7(2)8(5-15-18)10-16-9-11(17(10)3)13-6-14-12(9)19;10-8(7-3-4-7)9-5-1-2-6-9/h5-6H,4H2,1-3H3,(H,13,14,19);7H,1-6H2. The van der Waals surface area contributed by atoms with E-state index in [0.29, 0.717) is 28.8 Å². The number of nitrogens with zero attached hydrogens (tertiary/aromatic N) is 6. The topological polar surface area (TPSA) is 102 Å². The molecule has 9 heteroatoms. The number of hydrogen-bond donors (Lipinski definition) is 1. The van der Waals surface area contributed by atoms with Gasteiger partial charge >= 0.3 is 0 Å². The Bertz CT molecular complexity index is 1080. The van der Waals surface area contributed by atoms with Crippen molar-refractivity contribution in [1.82, 2.24) is 34.2 Å². The fraction of sp³-hybridized carbons (Fsp3) is 0.550. The lowest BCUT2D eigenvalue weighted by molar-refractivity contribution is -0.131. The van der Waals surface area contributed by atoms with E-state index in [4.69, 9.17) is 0 Å². The molecule has 2 aliphatic rings. The number of hydrogen-bond acceptors (Lipinski definition) is 5. The van der Waals surface area contributed by atoms with E-state index in [1.807, 2.05) is 35.0 Å². The Hall–Kier alpha value is -2.97. The minimum absolute atomic E-state index is 0.229. The summed E-state index contributed by atoms with van der Waals surface area (Å²) in [6.45, 7) is 6.87. The Labute approximate surface area is 168 Å². The van der Waals surface area contributed by atoms with Crippen molar-refractivity contribution in [3.8, 4) is 11.4 Å². The molecule has 0 atom stereocenters. The largest absolute Gasteiger partial charge is 0.342 e. The van der Waals surface area contributed by atoms with Crippen molar-refractivity contribution in [2.45, 2.75) is 46.1 Å². The first-order valence-corrected chi connectivity index (χ1v) is 10.2. The molecule has 1 N–H and O–H groups in total. The summed E-state index contributed by atoms with van der Waals surface area (Å²) in [5, 5.41) is 4.30. The van der Waals surface area contributed by atoms with Crippen LogP contribution in [0.2, 0.25) is 0 Å². The number of likely N-dealkylation sites (tertiary alicyclic amines) is 1. The molecule has 3 aromatic heterocycles. The van der Waals surface area contributed by atoms with E-state index in [-0.39, 0.29) is 5.56 Å². The zero-order valence-electron chi connectivity index (χ0n) is 17.2. The summed E-state index contributed by atoms with van der Waals surface area (Å²) >= 11 is 0. The van der Waals surface area contributed by atoms with Gasteiger partial charge in [0.1, 0.15) is 5.82 Å². The SMILES string of the molecule is CCn1ncc(-c2nc3c(=O)[nH]cnc3n2C)c1C.O=C(C1CC1)N1CCCC1. The summed E-state index contributed by atoms with van der Waals surface area (Å²) < 4.78 is 3.71. The first-order valence-electron chi connectivity index (χ1n) is 10.2. The van der Waals surface area contributed by atoms with Crippen molar-refractivity contribution >= 4 is 17.1 Å². The second kappa shape index (κ2) is 7.81. The van der Waals surface area contributed by atoms with Crippen LogP contribution in [0, 0.1) is 12.8 Å². The highest BCUT2D eigenvalue weighted by Crippen LogP contribution is 2.32. The highest BCUT2D eigenvalue weighted by molar-refractivity contribution is 5.81. The molecule has 154 valence electrons. The van der Waals surface area contributed by atoms with Crippen molar-refractivity contribution < 1.29 is 4.79 Å². The van der Waals surface area contributed by atoms with Gasteiger partial charge < -0.3 is 14.5 Å². The highest BCUT2D eigenvalue weighted by atomic mass is 16.2. The molecular weight excluding hydrogens is 370 g/mol. The number of aryl methyl sites for hydroxylation is 2. The number of aromatic nitrogens is 6. The fourth-order valence-corrected chi connectivity index (χ4v) is 3.76. The Morgan fingerprint density at radius 2 is 2.00 bits per heavy atom. The van der Waals surface area contributed by atoms with E-state index in [1.54, 1.807) is 6.20 Å². The Morgan fingerprint density at radius 1 is 1.28 bits per heavy atom. The molecule has 1 saturated heterocycles. The summed E-state index contributed by atoms with van der Waals surface area (Å²) in [6.07, 6.45) is 7.90. The van der Waals surface area contributed by atoms with Gasteiger partial charge in [0.2, 0.25) is 5.91 Å². The van der Waals surface area contributed by atoms with Gasteiger partial charge in [-0.2, -0.15) is 5.10 Å². The maximum absolute atomic E-state index is 11.7. The van der Waals surface area contributed by atoms with Crippen molar-refractivity contribution in [2.24, 2.45) is 13.0 Å². The molecule has 0 spiro atoms. The third-order valence-electron chi connectivity index (χ3n) is 5.65. The molecule has 1 aliphatic heterocycles. The van der Waals surface area contributed by atoms with Crippen LogP contribution in [-0.2, 0) is 18.4 Å². The maximum Gasteiger partial charge on any atom is 0.278 e. The van der Waals surface area contributed by atoms with Gasteiger partial charge in [0, 0.05) is 38.3 Å². The van der Waals surface area contributed by atoms with Gasteiger partial charge in [0.25, 0.3) is 5.56 Å². The number of amides is 1. The second-order valence-corrected chi connectivity index (χ2v) is 7.66. The third kappa shape index (κ3) is 3.68. The smallest absolute Gasteiger partial charge is 0.278 e. The molecule has 2 fully saturated rings. The molecule has 1 amide bonds. The van der Waals surface area contributed by atoms with Crippen LogP contribution in [-0.4, -0.2) is 53.2 Å². The number of carbonyl (C=O) groups is 1. The molecule has 1 saturated carbocycles. The lowest BCUT2D eigenvalue weighted by atomic mass is 10.2. The van der Waals surface area contributed by atoms with Crippen LogP contribution in [0.1, 0.15) is 38.3 Å². The van der Waals surface area contributed by atoms with Crippen LogP contribution in [0.25, 0.3) is 22.6 Å². The fourth-order valence-electron chi connectivity index (χ4n) is 3.76. The van der Waals surface area contributed by atoms with Gasteiger partial charge in [-0.05, 0) is 39.5 Å². The third-order valence-corrected chi connectivity index (χ3v) is 5.65. The molecule has 9 nitrogen and oxygen atoms in total. The number of fused-ring (bicyclic) bond motifs is 1. The first-order chi connectivity index (χ1) is 14.0. The van der Waals surface area contributed by atoms with Gasteiger partial charge in [-0.25, -0.2) is 9.97 Å².